The number of carbonyl (C=O) groups excluding carboxylic acids is 3. The van der Waals surface area contributed by atoms with Crippen LogP contribution in [0.15, 0.2) is 48.5 Å². The first-order valence-corrected chi connectivity index (χ1v) is 8.79. The van der Waals surface area contributed by atoms with Gasteiger partial charge in [-0.3, -0.25) is 9.59 Å². The Hall–Kier alpha value is -3.15. The topological polar surface area (TPSA) is 75.7 Å². The number of esters is 1. The fraction of sp³-hybridized carbons (Fsp3) is 0.286. The number of benzene rings is 2. The summed E-state index contributed by atoms with van der Waals surface area (Å²) >= 11 is 0. The van der Waals surface area contributed by atoms with Gasteiger partial charge in [0.15, 0.2) is 0 Å². The number of amides is 2. The zero-order valence-electron chi connectivity index (χ0n) is 15.4. The Bertz CT molecular complexity index is 864. The van der Waals surface area contributed by atoms with Gasteiger partial charge in [0.2, 0.25) is 11.8 Å². The Balaban J connectivity index is 1.67. The van der Waals surface area contributed by atoms with E-state index < -0.39 is 11.9 Å². The van der Waals surface area contributed by atoms with E-state index in [0.717, 1.165) is 11.1 Å². The zero-order chi connectivity index (χ0) is 19.4. The molecule has 1 atom stereocenters. The van der Waals surface area contributed by atoms with E-state index in [1.807, 2.05) is 37.3 Å². The summed E-state index contributed by atoms with van der Waals surface area (Å²) in [5.74, 6) is -1.12. The quantitative estimate of drug-likeness (QED) is 0.826. The van der Waals surface area contributed by atoms with Crippen molar-refractivity contribution in [3.8, 4) is 0 Å². The van der Waals surface area contributed by atoms with Gasteiger partial charge in [-0.15, -0.1) is 0 Å². The molecule has 0 unspecified atom stereocenters. The highest BCUT2D eigenvalue weighted by atomic mass is 16.5. The first-order valence-electron chi connectivity index (χ1n) is 8.79. The maximum atomic E-state index is 12.7. The molecule has 1 fully saturated rings. The first kappa shape index (κ1) is 18.6. The van der Waals surface area contributed by atoms with Gasteiger partial charge in [-0.2, -0.15) is 0 Å². The van der Waals surface area contributed by atoms with Crippen LogP contribution in [-0.4, -0.2) is 36.3 Å². The number of hydrogen-bond donors (Lipinski definition) is 1. The Morgan fingerprint density at radius 1 is 1.19 bits per heavy atom. The van der Waals surface area contributed by atoms with Gasteiger partial charge in [0.25, 0.3) is 0 Å². The van der Waals surface area contributed by atoms with E-state index in [1.165, 1.54) is 7.11 Å². The molecule has 140 valence electrons. The molecule has 6 nitrogen and oxygen atoms in total. The lowest BCUT2D eigenvalue weighted by molar-refractivity contribution is -0.128. The van der Waals surface area contributed by atoms with E-state index in [9.17, 15) is 14.4 Å². The summed E-state index contributed by atoms with van der Waals surface area (Å²) in [7, 11) is 1.31. The van der Waals surface area contributed by atoms with Gasteiger partial charge in [-0.05, 0) is 30.2 Å². The lowest BCUT2D eigenvalue weighted by atomic mass is 10.1. The van der Waals surface area contributed by atoms with Gasteiger partial charge in [0.1, 0.15) is 0 Å². The summed E-state index contributed by atoms with van der Waals surface area (Å²) in [6.07, 6.45) is 0.189. The van der Waals surface area contributed by atoms with Crippen molar-refractivity contribution in [2.75, 3.05) is 19.0 Å². The number of rotatable bonds is 5. The zero-order valence-corrected chi connectivity index (χ0v) is 15.4. The van der Waals surface area contributed by atoms with Crippen LogP contribution in [0, 0.1) is 12.8 Å². The van der Waals surface area contributed by atoms with Crippen LogP contribution in [0.3, 0.4) is 0 Å². The molecule has 6 heteroatoms. The summed E-state index contributed by atoms with van der Waals surface area (Å²) < 4.78 is 4.72. The van der Waals surface area contributed by atoms with Crippen molar-refractivity contribution in [2.24, 2.45) is 5.92 Å². The standard InChI is InChI=1S/C21H22N2O4/c1-14-8-9-16(21(26)27-2)10-18(14)22-20(25)17-11-19(24)23(13-17)12-15-6-4-3-5-7-15/h3-10,17H,11-13H2,1-2H3,(H,22,25)/t17-/m1/s1. The van der Waals surface area contributed by atoms with Gasteiger partial charge in [-0.1, -0.05) is 36.4 Å². The minimum atomic E-state index is -0.462. The molecule has 1 aliphatic rings. The molecule has 1 heterocycles. The summed E-state index contributed by atoms with van der Waals surface area (Å²) in [5.41, 5.74) is 2.79. The van der Waals surface area contributed by atoms with E-state index in [4.69, 9.17) is 4.74 Å². The second-order valence-corrected chi connectivity index (χ2v) is 6.67. The molecular formula is C21H22N2O4. The fourth-order valence-electron chi connectivity index (χ4n) is 3.14. The van der Waals surface area contributed by atoms with E-state index in [1.54, 1.807) is 23.1 Å². The summed E-state index contributed by atoms with van der Waals surface area (Å²) in [6.45, 7) is 2.73. The lowest BCUT2D eigenvalue weighted by Crippen LogP contribution is -2.28. The van der Waals surface area contributed by atoms with Crippen LogP contribution < -0.4 is 5.32 Å². The predicted octanol–water partition coefficient (Wildman–Crippen LogP) is 2.77. The molecule has 0 aromatic heterocycles. The number of ether oxygens (including phenoxy) is 1. The molecule has 0 saturated carbocycles. The SMILES string of the molecule is COC(=O)c1ccc(C)c(NC(=O)[C@@H]2CC(=O)N(Cc3ccccc3)C2)c1. The van der Waals surface area contributed by atoms with Crippen LogP contribution in [0.5, 0.6) is 0 Å². The summed E-state index contributed by atoms with van der Waals surface area (Å²) in [5, 5.41) is 2.85. The molecule has 2 aromatic rings. The Kier molecular flexibility index (Phi) is 5.54. The molecule has 0 aliphatic carbocycles. The molecule has 27 heavy (non-hydrogen) atoms. The minimum absolute atomic E-state index is 0.0287. The number of nitrogens with zero attached hydrogens (tertiary/aromatic N) is 1. The summed E-state index contributed by atoms with van der Waals surface area (Å²) in [4.78, 5) is 38.3. The van der Waals surface area contributed by atoms with Crippen LogP contribution in [0.2, 0.25) is 0 Å². The molecule has 0 radical (unpaired) electrons. The number of likely N-dealkylation sites (tertiary alicyclic amines) is 1. The monoisotopic (exact) mass is 366 g/mol. The molecule has 1 saturated heterocycles. The van der Waals surface area contributed by atoms with E-state index in [2.05, 4.69) is 5.32 Å². The highest BCUT2D eigenvalue weighted by Crippen LogP contribution is 2.24. The number of methoxy groups -OCH3 is 1. The second-order valence-electron chi connectivity index (χ2n) is 6.67. The van der Waals surface area contributed by atoms with Gasteiger partial charge in [0.05, 0.1) is 18.6 Å². The van der Waals surface area contributed by atoms with Crippen LogP contribution in [0.25, 0.3) is 0 Å². The molecule has 0 bridgehead atoms. The number of aryl methyl sites for hydroxylation is 1. The Labute approximate surface area is 158 Å². The van der Waals surface area contributed by atoms with Crippen LogP contribution in [-0.2, 0) is 20.9 Å². The average molecular weight is 366 g/mol. The second kappa shape index (κ2) is 8.03. The van der Waals surface area contributed by atoms with E-state index >= 15 is 0 Å². The average Bonchev–Trinajstić information content (AvgIpc) is 3.04. The molecule has 3 rings (SSSR count). The largest absolute Gasteiger partial charge is 0.465 e. The lowest BCUT2D eigenvalue weighted by Gasteiger charge is -2.17. The third-order valence-corrected chi connectivity index (χ3v) is 4.72. The third-order valence-electron chi connectivity index (χ3n) is 4.72. The van der Waals surface area contributed by atoms with Gasteiger partial charge < -0.3 is 15.0 Å². The van der Waals surface area contributed by atoms with Crippen molar-refractivity contribution < 1.29 is 19.1 Å². The Morgan fingerprint density at radius 2 is 1.93 bits per heavy atom. The highest BCUT2D eigenvalue weighted by molar-refractivity contribution is 5.99. The first-order chi connectivity index (χ1) is 13.0. The molecule has 2 amide bonds. The van der Waals surface area contributed by atoms with Crippen molar-refractivity contribution in [2.45, 2.75) is 19.9 Å². The number of carbonyl (C=O) groups is 3. The smallest absolute Gasteiger partial charge is 0.337 e. The van der Waals surface area contributed by atoms with Crippen molar-refractivity contribution in [3.05, 3.63) is 65.2 Å². The van der Waals surface area contributed by atoms with Crippen molar-refractivity contribution in [3.63, 3.8) is 0 Å². The maximum absolute atomic E-state index is 12.7. The predicted molar refractivity (Wildman–Crippen MR) is 101 cm³/mol. The van der Waals surface area contributed by atoms with E-state index in [-0.39, 0.29) is 18.2 Å². The third kappa shape index (κ3) is 4.34. The molecule has 2 aromatic carbocycles. The van der Waals surface area contributed by atoms with Crippen molar-refractivity contribution in [1.82, 2.24) is 4.90 Å². The number of nitrogens with one attached hydrogen (secondary N) is 1. The number of anilines is 1. The highest BCUT2D eigenvalue weighted by Gasteiger charge is 2.34. The summed E-state index contributed by atoms with van der Waals surface area (Å²) in [6, 6.07) is 14.7. The molecular weight excluding hydrogens is 344 g/mol. The molecule has 1 aliphatic heterocycles. The van der Waals surface area contributed by atoms with Crippen LogP contribution in [0.4, 0.5) is 5.69 Å². The van der Waals surface area contributed by atoms with E-state index in [0.29, 0.717) is 24.3 Å². The maximum Gasteiger partial charge on any atom is 0.337 e. The van der Waals surface area contributed by atoms with Gasteiger partial charge in [0, 0.05) is 25.2 Å². The van der Waals surface area contributed by atoms with Crippen LogP contribution >= 0.6 is 0 Å². The fourth-order valence-corrected chi connectivity index (χ4v) is 3.14. The molecule has 1 N–H and O–H groups in total. The molecule has 0 spiro atoms. The van der Waals surface area contributed by atoms with Crippen LogP contribution in [0.1, 0.15) is 27.9 Å². The Morgan fingerprint density at radius 3 is 2.63 bits per heavy atom. The minimum Gasteiger partial charge on any atom is -0.465 e. The number of hydrogen-bond acceptors (Lipinski definition) is 4. The van der Waals surface area contributed by atoms with Crippen molar-refractivity contribution >= 4 is 23.5 Å². The van der Waals surface area contributed by atoms with Crippen molar-refractivity contribution in [1.29, 1.82) is 0 Å². The van der Waals surface area contributed by atoms with Gasteiger partial charge >= 0.3 is 5.97 Å². The normalized spacial score (nSPS) is 16.3. The van der Waals surface area contributed by atoms with Gasteiger partial charge in [-0.25, -0.2) is 4.79 Å².